The number of hydrogen-bond donors (Lipinski definition) is 2. The molecule has 2 amide bonds. The van der Waals surface area contributed by atoms with E-state index < -0.39 is 24.7 Å². The zero-order chi connectivity index (χ0) is 28.6. The topological polar surface area (TPSA) is 125 Å². The fraction of sp³-hybridized carbons (Fsp3) is 0.500. The van der Waals surface area contributed by atoms with Crippen LogP contribution in [0.3, 0.4) is 0 Å². The van der Waals surface area contributed by atoms with Gasteiger partial charge in [0.15, 0.2) is 23.0 Å². The summed E-state index contributed by atoms with van der Waals surface area (Å²) in [5.74, 6) is 2.26. The average Bonchev–Trinajstić information content (AvgIpc) is 2.93. The molecule has 0 aromatic heterocycles. The lowest BCUT2D eigenvalue weighted by Crippen LogP contribution is -2.66. The van der Waals surface area contributed by atoms with Crippen molar-refractivity contribution in [3.63, 3.8) is 0 Å². The number of carbonyl (C=O) groups is 2. The quantitative estimate of drug-likeness (QED) is 0.487. The van der Waals surface area contributed by atoms with Crippen molar-refractivity contribution in [3.05, 3.63) is 33.9 Å². The van der Waals surface area contributed by atoms with Crippen LogP contribution >= 0.6 is 0 Å². The second-order valence-corrected chi connectivity index (χ2v) is 9.48. The van der Waals surface area contributed by atoms with Crippen LogP contribution in [0.25, 0.3) is 0 Å². The number of aliphatic hydroxyl groups is 1. The number of piperazine rings is 1. The third-order valence-corrected chi connectivity index (χ3v) is 7.64. The number of methoxy groups -OCH3 is 6. The molecule has 2 heterocycles. The monoisotopic (exact) mass is 544 g/mol. The molecular weight excluding hydrogens is 508 g/mol. The van der Waals surface area contributed by atoms with Crippen LogP contribution in [0.5, 0.6) is 34.5 Å². The van der Waals surface area contributed by atoms with Crippen LogP contribution in [0.1, 0.15) is 33.9 Å². The molecule has 0 aliphatic carbocycles. The van der Waals surface area contributed by atoms with Crippen molar-refractivity contribution >= 4 is 11.8 Å². The average molecular weight is 545 g/mol. The van der Waals surface area contributed by atoms with E-state index in [1.807, 2.05) is 13.8 Å². The van der Waals surface area contributed by atoms with Gasteiger partial charge in [-0.2, -0.15) is 0 Å². The third-order valence-electron chi connectivity index (χ3n) is 7.64. The summed E-state index contributed by atoms with van der Waals surface area (Å²) in [7, 11) is 9.16. The van der Waals surface area contributed by atoms with Crippen molar-refractivity contribution in [2.24, 2.45) is 0 Å². The molecule has 0 radical (unpaired) electrons. The molecule has 2 N–H and O–H groups in total. The van der Waals surface area contributed by atoms with Crippen molar-refractivity contribution < 1.29 is 43.1 Å². The maximum Gasteiger partial charge on any atom is 0.246 e. The normalized spacial score (nSPS) is 20.0. The summed E-state index contributed by atoms with van der Waals surface area (Å²) in [5.41, 5.74) is 3.35. The van der Waals surface area contributed by atoms with Crippen LogP contribution in [-0.2, 0) is 22.4 Å². The van der Waals surface area contributed by atoms with Gasteiger partial charge in [0.05, 0.1) is 55.3 Å². The molecule has 1 saturated heterocycles. The number of fused-ring (bicyclic) bond motifs is 2. The van der Waals surface area contributed by atoms with Crippen molar-refractivity contribution in [1.29, 1.82) is 0 Å². The van der Waals surface area contributed by atoms with E-state index in [4.69, 9.17) is 28.4 Å². The molecule has 2 aliphatic rings. The predicted molar refractivity (Wildman–Crippen MR) is 141 cm³/mol. The summed E-state index contributed by atoms with van der Waals surface area (Å²) in [4.78, 5) is 29.0. The Kier molecular flexibility index (Phi) is 8.01. The minimum atomic E-state index is -0.906. The summed E-state index contributed by atoms with van der Waals surface area (Å²) in [6, 6.07) is -0.853. The molecule has 39 heavy (non-hydrogen) atoms. The predicted octanol–water partition coefficient (Wildman–Crippen LogP) is 1.88. The number of rotatable bonds is 9. The van der Waals surface area contributed by atoms with Crippen LogP contribution in [0.4, 0.5) is 0 Å². The van der Waals surface area contributed by atoms with E-state index in [0.29, 0.717) is 62.3 Å². The molecule has 11 heteroatoms. The molecule has 2 aromatic carbocycles. The Bertz CT molecular complexity index is 1290. The molecule has 2 aromatic rings. The summed E-state index contributed by atoms with van der Waals surface area (Å²) in [6.45, 7) is 3.24. The number of nitrogens with one attached hydrogen (secondary N) is 1. The first-order chi connectivity index (χ1) is 18.7. The Morgan fingerprint density at radius 2 is 1.44 bits per heavy atom. The van der Waals surface area contributed by atoms with E-state index in [1.165, 1.54) is 47.6 Å². The lowest BCUT2D eigenvalue weighted by molar-refractivity contribution is -0.154. The molecular formula is C28H36N2O9. The van der Waals surface area contributed by atoms with E-state index in [-0.39, 0.29) is 24.7 Å². The molecule has 4 rings (SSSR count). The van der Waals surface area contributed by atoms with Crippen LogP contribution in [-0.4, -0.2) is 83.2 Å². The Labute approximate surface area is 227 Å². The molecule has 0 saturated carbocycles. The maximum atomic E-state index is 14.0. The summed E-state index contributed by atoms with van der Waals surface area (Å²) < 4.78 is 33.7. The van der Waals surface area contributed by atoms with Crippen molar-refractivity contribution in [3.8, 4) is 34.5 Å². The number of aliphatic hydroxyl groups excluding tert-OH is 1. The first-order valence-corrected chi connectivity index (χ1v) is 12.6. The van der Waals surface area contributed by atoms with Gasteiger partial charge in [-0.25, -0.2) is 0 Å². The SMILES string of the molecule is COc1cc(C[C@@H]2NC(=O)[C@@H]3Cc4c(OC)c(C)c(OC)c(OC)c4[C@@H](CO)N3C2=O)c(OC)c(C)c1OC. The van der Waals surface area contributed by atoms with Crippen LogP contribution in [0.2, 0.25) is 0 Å². The Balaban J connectivity index is 1.81. The Morgan fingerprint density at radius 3 is 1.97 bits per heavy atom. The lowest BCUT2D eigenvalue weighted by Gasteiger charge is -2.47. The summed E-state index contributed by atoms with van der Waals surface area (Å²) in [5, 5.41) is 13.5. The largest absolute Gasteiger partial charge is 0.496 e. The van der Waals surface area contributed by atoms with E-state index in [2.05, 4.69) is 5.32 Å². The Morgan fingerprint density at radius 1 is 0.846 bits per heavy atom. The van der Waals surface area contributed by atoms with Crippen molar-refractivity contribution in [2.75, 3.05) is 49.3 Å². The number of hydrogen-bond acceptors (Lipinski definition) is 9. The maximum absolute atomic E-state index is 14.0. The molecule has 1 fully saturated rings. The molecule has 11 nitrogen and oxygen atoms in total. The van der Waals surface area contributed by atoms with Crippen LogP contribution in [0.15, 0.2) is 6.07 Å². The van der Waals surface area contributed by atoms with E-state index >= 15 is 0 Å². The van der Waals surface area contributed by atoms with E-state index in [0.717, 1.165) is 0 Å². The number of amides is 2. The first kappa shape index (κ1) is 28.2. The second-order valence-electron chi connectivity index (χ2n) is 9.48. The van der Waals surface area contributed by atoms with Gasteiger partial charge in [0.2, 0.25) is 11.8 Å². The molecule has 212 valence electrons. The minimum absolute atomic E-state index is 0.140. The van der Waals surface area contributed by atoms with Gasteiger partial charge in [0, 0.05) is 40.7 Å². The highest BCUT2D eigenvalue weighted by Gasteiger charge is 2.50. The van der Waals surface area contributed by atoms with E-state index in [1.54, 1.807) is 6.07 Å². The van der Waals surface area contributed by atoms with Gasteiger partial charge in [-0.15, -0.1) is 0 Å². The van der Waals surface area contributed by atoms with Crippen molar-refractivity contribution in [1.82, 2.24) is 10.2 Å². The second kappa shape index (κ2) is 11.1. The fourth-order valence-electron chi connectivity index (χ4n) is 6.04. The number of benzene rings is 2. The van der Waals surface area contributed by atoms with Gasteiger partial charge in [-0.05, 0) is 19.9 Å². The number of ether oxygens (including phenoxy) is 6. The Hall–Kier alpha value is -3.86. The van der Waals surface area contributed by atoms with Gasteiger partial charge < -0.3 is 43.7 Å². The van der Waals surface area contributed by atoms with Gasteiger partial charge >= 0.3 is 0 Å². The standard InChI is InChI=1S/C28H36N2O9/c1-13-22(35-4)15(10-20(34-3)24(13)37-6)9-17-28(33)30-18(27(32)29-17)11-16-21(19(30)12-31)26(39-8)25(38-7)14(2)23(16)36-5/h10,17-19,31H,9,11-12H2,1-8H3,(H,29,32)/t17-,18-,19+/m0/s1. The van der Waals surface area contributed by atoms with Gasteiger partial charge in [0.1, 0.15) is 23.6 Å². The molecule has 0 unspecified atom stereocenters. The van der Waals surface area contributed by atoms with Crippen LogP contribution in [0, 0.1) is 13.8 Å². The first-order valence-electron chi connectivity index (χ1n) is 12.6. The van der Waals surface area contributed by atoms with Crippen molar-refractivity contribution in [2.45, 2.75) is 44.8 Å². The zero-order valence-corrected chi connectivity index (χ0v) is 23.6. The van der Waals surface area contributed by atoms with Gasteiger partial charge in [-0.3, -0.25) is 9.59 Å². The molecule has 0 bridgehead atoms. The molecule has 3 atom stereocenters. The highest BCUT2D eigenvalue weighted by atomic mass is 16.5. The highest BCUT2D eigenvalue weighted by molar-refractivity contribution is 5.98. The lowest BCUT2D eigenvalue weighted by atomic mass is 9.82. The summed E-state index contributed by atoms with van der Waals surface area (Å²) >= 11 is 0. The highest BCUT2D eigenvalue weighted by Crippen LogP contribution is 2.51. The number of carbonyl (C=O) groups excluding carboxylic acids is 2. The van der Waals surface area contributed by atoms with Crippen LogP contribution < -0.4 is 33.7 Å². The summed E-state index contributed by atoms with van der Waals surface area (Å²) in [6.07, 6.45) is 0.333. The third kappa shape index (κ3) is 4.34. The van der Waals surface area contributed by atoms with Gasteiger partial charge in [0.25, 0.3) is 0 Å². The van der Waals surface area contributed by atoms with Gasteiger partial charge in [-0.1, -0.05) is 0 Å². The smallest absolute Gasteiger partial charge is 0.246 e. The molecule has 2 aliphatic heterocycles. The minimum Gasteiger partial charge on any atom is -0.496 e. The fourth-order valence-corrected chi connectivity index (χ4v) is 6.04. The van der Waals surface area contributed by atoms with E-state index in [9.17, 15) is 14.7 Å². The zero-order valence-electron chi connectivity index (χ0n) is 23.6. The molecule has 0 spiro atoms. The number of nitrogens with zero attached hydrogens (tertiary/aromatic N) is 1.